The number of esters is 1. The van der Waals surface area contributed by atoms with Crippen LogP contribution < -0.4 is 20.5 Å². The number of anilines is 1. The molecule has 5 bridgehead atoms. The summed E-state index contributed by atoms with van der Waals surface area (Å²) in [7, 11) is 1.41. The SMILES string of the molecule is CO[C@H]1C=CO[C@@]2(C)Oc3c(C)c(O)c4c(c3C2=O)C(=O)C(C=NN2CCC(C3CCCN(c5c(F)cn6c(=O)c(C(=O)O)cc(C7CC7)c6c5C)C3)C2)=C(NC(=O)C(C)=CC=C[C@H](C)[C@H](O)[C@@H](C)[C@@H](O)[C@@H](C)[C@H](OC(C)=O)[C@@H]1C)C4=O. The minimum atomic E-state index is -2.17. The number of aliphatic hydroxyl groups excluding tert-OH is 2. The van der Waals surface area contributed by atoms with E-state index in [0.29, 0.717) is 54.9 Å². The number of benzene rings is 1. The number of nitrogens with zero attached hydrogens (tertiary/aromatic N) is 4. The number of methoxy groups -OCH3 is 1. The molecule has 438 valence electrons. The Hall–Kier alpha value is -7.49. The van der Waals surface area contributed by atoms with E-state index in [9.17, 15) is 49.2 Å². The Balaban J connectivity index is 1.04. The van der Waals surface area contributed by atoms with Gasteiger partial charge in [0.25, 0.3) is 17.2 Å². The van der Waals surface area contributed by atoms with Crippen molar-refractivity contribution in [3.8, 4) is 11.5 Å². The topological polar surface area (TPSA) is 273 Å². The summed E-state index contributed by atoms with van der Waals surface area (Å²) in [5, 5.41) is 53.8. The van der Waals surface area contributed by atoms with Gasteiger partial charge >= 0.3 is 17.7 Å². The van der Waals surface area contributed by atoms with Crippen LogP contribution in [0.25, 0.3) is 5.52 Å². The largest absolute Gasteiger partial charge is 0.507 e. The Bertz CT molecular complexity index is 3390. The number of aliphatic hydroxyl groups is 2. The number of carbonyl (C=O) groups excluding carboxylic acids is 5. The number of allylic oxidation sites excluding steroid dienone is 4. The maximum Gasteiger partial charge on any atom is 0.341 e. The molecule has 1 aromatic carbocycles. The number of fused-ring (bicyclic) bond motifs is 15. The molecular formula is C61H72FN5O15. The number of piperidine rings is 1. The van der Waals surface area contributed by atoms with Gasteiger partial charge in [-0.05, 0) is 93.9 Å². The lowest BCUT2D eigenvalue weighted by Gasteiger charge is -2.38. The fourth-order valence-electron chi connectivity index (χ4n) is 12.7. The molecule has 3 aromatic rings. The van der Waals surface area contributed by atoms with Crippen molar-refractivity contribution in [3.63, 3.8) is 0 Å². The number of ether oxygens (including phenoxy) is 4. The highest BCUT2D eigenvalue weighted by Crippen LogP contribution is 2.49. The van der Waals surface area contributed by atoms with Gasteiger partial charge in [0.15, 0.2) is 11.6 Å². The number of aromatic hydroxyl groups is 1. The number of halogens is 1. The minimum absolute atomic E-state index is 0.0378. The molecule has 1 saturated carbocycles. The van der Waals surface area contributed by atoms with E-state index < -0.39 is 129 Å². The number of aromatic carboxylic acids is 1. The first-order chi connectivity index (χ1) is 38.8. The third-order valence-corrected chi connectivity index (χ3v) is 17.7. The van der Waals surface area contributed by atoms with Gasteiger partial charge in [0.05, 0.1) is 70.5 Å². The zero-order valence-corrected chi connectivity index (χ0v) is 47.8. The van der Waals surface area contributed by atoms with E-state index in [1.807, 2.05) is 4.90 Å². The van der Waals surface area contributed by atoms with Crippen molar-refractivity contribution < 1.29 is 72.5 Å². The third kappa shape index (κ3) is 10.8. The van der Waals surface area contributed by atoms with Crippen LogP contribution in [-0.4, -0.2) is 135 Å². The summed E-state index contributed by atoms with van der Waals surface area (Å²) >= 11 is 0. The number of aryl methyl sites for hydroxylation is 1. The summed E-state index contributed by atoms with van der Waals surface area (Å²) in [4.78, 5) is 98.8. The highest BCUT2D eigenvalue weighted by molar-refractivity contribution is 6.37. The van der Waals surface area contributed by atoms with Crippen LogP contribution in [0.5, 0.6) is 11.5 Å². The van der Waals surface area contributed by atoms with Crippen LogP contribution in [-0.2, 0) is 23.8 Å². The van der Waals surface area contributed by atoms with E-state index >= 15 is 9.18 Å². The van der Waals surface area contributed by atoms with E-state index in [2.05, 4.69) is 5.32 Å². The molecule has 10 rings (SSSR count). The molecule has 0 spiro atoms. The lowest BCUT2D eigenvalue weighted by molar-refractivity contribution is -0.160. The molecule has 3 fully saturated rings. The number of ketones is 3. The second-order valence-corrected chi connectivity index (χ2v) is 23.2. The molecule has 2 saturated heterocycles. The van der Waals surface area contributed by atoms with Crippen LogP contribution in [0.3, 0.4) is 0 Å². The van der Waals surface area contributed by atoms with Crippen molar-refractivity contribution in [3.05, 3.63) is 115 Å². The smallest absolute Gasteiger partial charge is 0.341 e. The Labute approximate surface area is 473 Å². The number of aromatic nitrogens is 1. The van der Waals surface area contributed by atoms with Gasteiger partial charge in [-0.2, -0.15) is 5.10 Å². The molecule has 7 heterocycles. The first-order valence-corrected chi connectivity index (χ1v) is 28.0. The summed E-state index contributed by atoms with van der Waals surface area (Å²) < 4.78 is 41.2. The number of phenols is 1. The first-order valence-electron chi connectivity index (χ1n) is 28.0. The number of hydrogen-bond acceptors (Lipinski definition) is 17. The van der Waals surface area contributed by atoms with Gasteiger partial charge in [0, 0.05) is 81.9 Å². The van der Waals surface area contributed by atoms with E-state index in [1.165, 1.54) is 59.1 Å². The van der Waals surface area contributed by atoms with Crippen molar-refractivity contribution in [2.45, 2.75) is 131 Å². The van der Waals surface area contributed by atoms with Crippen LogP contribution >= 0.6 is 0 Å². The summed E-state index contributed by atoms with van der Waals surface area (Å²) in [5.41, 5.74) is -1.30. The number of nitrogens with one attached hydrogen (secondary N) is 1. The van der Waals surface area contributed by atoms with Crippen molar-refractivity contribution in [1.29, 1.82) is 0 Å². The number of rotatable bonds is 8. The monoisotopic (exact) mass is 1130 g/mol. The number of carboxylic acids is 1. The lowest BCUT2D eigenvalue weighted by Crippen LogP contribution is -2.46. The van der Waals surface area contributed by atoms with Gasteiger partial charge in [-0.1, -0.05) is 45.9 Å². The predicted octanol–water partition coefficient (Wildman–Crippen LogP) is 6.86. The van der Waals surface area contributed by atoms with Crippen molar-refractivity contribution in [2.24, 2.45) is 40.6 Å². The molecule has 0 radical (unpaired) electrons. The van der Waals surface area contributed by atoms with Crippen LogP contribution in [0.4, 0.5) is 10.1 Å². The maximum absolute atomic E-state index is 16.3. The number of carbonyl (C=O) groups is 6. The second-order valence-electron chi connectivity index (χ2n) is 23.2. The average molecular weight is 1130 g/mol. The number of hydrazone groups is 1. The third-order valence-electron chi connectivity index (χ3n) is 17.7. The Morgan fingerprint density at radius 1 is 0.890 bits per heavy atom. The molecule has 7 aliphatic rings. The predicted molar refractivity (Wildman–Crippen MR) is 299 cm³/mol. The highest BCUT2D eigenvalue weighted by atomic mass is 19.1. The van der Waals surface area contributed by atoms with Gasteiger partial charge in [-0.15, -0.1) is 0 Å². The minimum Gasteiger partial charge on any atom is -0.507 e. The molecule has 20 nitrogen and oxygen atoms in total. The van der Waals surface area contributed by atoms with Gasteiger partial charge in [0.2, 0.25) is 5.78 Å². The Morgan fingerprint density at radius 2 is 1.60 bits per heavy atom. The maximum atomic E-state index is 16.3. The van der Waals surface area contributed by atoms with Crippen LogP contribution in [0.15, 0.2) is 69.6 Å². The quantitative estimate of drug-likeness (QED) is 0.114. The van der Waals surface area contributed by atoms with Crippen molar-refractivity contribution >= 4 is 52.6 Å². The van der Waals surface area contributed by atoms with E-state index in [0.717, 1.165) is 48.8 Å². The number of amides is 1. The van der Waals surface area contributed by atoms with Gasteiger partial charge in [0.1, 0.15) is 28.9 Å². The molecule has 2 aliphatic carbocycles. The van der Waals surface area contributed by atoms with Crippen LogP contribution in [0.1, 0.15) is 145 Å². The molecule has 5 N–H and O–H groups in total. The molecule has 5 aliphatic heterocycles. The molecule has 2 aromatic heterocycles. The summed E-state index contributed by atoms with van der Waals surface area (Å²) in [6.07, 6.45) is 9.23. The molecule has 11 atom stereocenters. The number of phenolic OH excluding ortho intramolecular Hbond substituents is 1. The standard InChI is InChI=1S/C61H72FN5O15/c1-28-13-11-14-29(2)58(75)64-47-41(24-63-66-21-18-38(26-66)37-15-12-20-65(25-37)49-31(4)48-39(36-16-17-36)23-40(60(77)78)59(76)67(48)27-42(49)62)53(72)44-45(54(47)73)52(71)34(7)56-46(44)57(74)61(9,82-56)80-22-19-43(79-10)30(3)55(81-35(8)68)33(6)51(70)32(5)50(28)69/h11,13-14,19,22-24,27-28,30,32-33,36-38,43,50-51,55,69-71H,12,15-18,20-21,25-26H2,1-10H3,(H,64,75)(H,77,78)/t28-,30+,32+,33+,37?,38?,43-,50-,51+,55+,61-/m0/s1. The molecule has 82 heavy (non-hydrogen) atoms. The van der Waals surface area contributed by atoms with Crippen molar-refractivity contribution in [1.82, 2.24) is 14.7 Å². The molecule has 2 unspecified atom stereocenters. The summed E-state index contributed by atoms with van der Waals surface area (Å²) in [6, 6.07) is 1.44. The molecular weight excluding hydrogens is 1060 g/mol. The highest BCUT2D eigenvalue weighted by Gasteiger charge is 2.53. The number of Topliss-reactive ketones (excluding diaryl/α,β-unsaturated/α-hetero) is 3. The number of carboxylic acid groups (broad SMARTS) is 1. The van der Waals surface area contributed by atoms with E-state index in [4.69, 9.17) is 24.0 Å². The Kier molecular flexibility index (Phi) is 16.6. The van der Waals surface area contributed by atoms with Gasteiger partial charge in [-0.25, -0.2) is 9.18 Å². The fourth-order valence-corrected chi connectivity index (χ4v) is 12.7. The summed E-state index contributed by atoms with van der Waals surface area (Å²) in [5.74, 6) is -11.8. The van der Waals surface area contributed by atoms with Crippen LogP contribution in [0, 0.1) is 55.2 Å². The average Bonchev–Trinajstić information content (AvgIpc) is 1.76. The fraction of sp³-hybridized carbons (Fsp3) is 0.508. The second kappa shape index (κ2) is 23.0. The first kappa shape index (κ1) is 59.1. The van der Waals surface area contributed by atoms with E-state index in [-0.39, 0.29) is 45.8 Å². The zero-order chi connectivity index (χ0) is 59.5. The molecule has 1 amide bonds. The Morgan fingerprint density at radius 3 is 2.27 bits per heavy atom. The van der Waals surface area contributed by atoms with Crippen molar-refractivity contribution in [2.75, 3.05) is 38.2 Å². The summed E-state index contributed by atoms with van der Waals surface area (Å²) in [6.45, 7) is 15.8. The zero-order valence-electron chi connectivity index (χ0n) is 47.8. The normalized spacial score (nSPS) is 29.4. The van der Waals surface area contributed by atoms with Gasteiger partial charge < -0.3 is 49.6 Å². The van der Waals surface area contributed by atoms with Crippen LogP contribution in [0.2, 0.25) is 0 Å². The lowest BCUT2D eigenvalue weighted by atomic mass is 9.78. The van der Waals surface area contributed by atoms with Gasteiger partial charge in [-0.3, -0.25) is 38.2 Å². The number of hydrogen-bond donors (Lipinski definition) is 5. The number of pyridine rings is 2. The van der Waals surface area contributed by atoms with E-state index in [1.54, 1.807) is 45.7 Å². The molecule has 21 heteroatoms.